The van der Waals surface area contributed by atoms with Gasteiger partial charge < -0.3 is 14.5 Å². The van der Waals surface area contributed by atoms with Gasteiger partial charge in [-0.25, -0.2) is 0 Å². The summed E-state index contributed by atoms with van der Waals surface area (Å²) in [6.07, 6.45) is 2.53. The predicted molar refractivity (Wildman–Crippen MR) is 91.7 cm³/mol. The Bertz CT molecular complexity index is 424. The molecule has 1 atom stereocenters. The minimum atomic E-state index is 0. The van der Waals surface area contributed by atoms with Crippen molar-refractivity contribution in [1.82, 2.24) is 9.80 Å². The molecule has 0 bridgehead atoms. The van der Waals surface area contributed by atoms with Gasteiger partial charge in [-0.05, 0) is 50.3 Å². The van der Waals surface area contributed by atoms with E-state index in [9.17, 15) is 0 Å². The molecule has 1 unspecified atom stereocenters. The maximum atomic E-state index is 4.68. The lowest BCUT2D eigenvalue weighted by molar-refractivity contribution is 0.299. The second-order valence-electron chi connectivity index (χ2n) is 5.08. The molecule has 0 heterocycles. The van der Waals surface area contributed by atoms with Gasteiger partial charge in [0, 0.05) is 20.1 Å². The first-order chi connectivity index (χ1) is 8.97. The zero-order valence-electron chi connectivity index (χ0n) is 12.9. The standard InChI is InChI=1S/C11H15N.C4H9NOS.ClH/c1-12(2)11-8-7-9-5-3-4-6-10(9)11;1-5(2)4(7)6-3;/h3-6,11H,7-8H2,1-2H3;1-3H3;1H. The molecule has 0 aliphatic heterocycles. The van der Waals surface area contributed by atoms with Crippen LogP contribution in [0.4, 0.5) is 0 Å². The maximum Gasteiger partial charge on any atom is 0.258 e. The molecule has 1 aliphatic rings. The summed E-state index contributed by atoms with van der Waals surface area (Å²) in [5, 5.41) is 0.514. The van der Waals surface area contributed by atoms with Gasteiger partial charge in [-0.2, -0.15) is 0 Å². The Balaban J connectivity index is 0.000000396. The van der Waals surface area contributed by atoms with E-state index < -0.39 is 0 Å². The summed E-state index contributed by atoms with van der Waals surface area (Å²) in [4.78, 5) is 4.04. The molecule has 20 heavy (non-hydrogen) atoms. The molecule has 0 fully saturated rings. The number of methoxy groups -OCH3 is 1. The molecule has 0 saturated heterocycles. The van der Waals surface area contributed by atoms with E-state index in [0.29, 0.717) is 11.2 Å². The van der Waals surface area contributed by atoms with Crippen LogP contribution in [0.2, 0.25) is 0 Å². The Kier molecular flexibility index (Phi) is 8.78. The second-order valence-corrected chi connectivity index (χ2v) is 5.43. The Labute approximate surface area is 134 Å². The van der Waals surface area contributed by atoms with Gasteiger partial charge in [-0.1, -0.05) is 24.3 Å². The summed E-state index contributed by atoms with van der Waals surface area (Å²) in [6.45, 7) is 0. The lowest BCUT2D eigenvalue weighted by atomic mass is 10.1. The van der Waals surface area contributed by atoms with E-state index in [1.165, 1.54) is 24.0 Å². The number of nitrogens with zero attached hydrogens (tertiary/aromatic N) is 2. The number of benzene rings is 1. The highest BCUT2D eigenvalue weighted by Crippen LogP contribution is 2.33. The number of ether oxygens (including phenoxy) is 1. The lowest BCUT2D eigenvalue weighted by Gasteiger charge is -2.19. The van der Waals surface area contributed by atoms with E-state index in [0.717, 1.165) is 0 Å². The fraction of sp³-hybridized carbons (Fsp3) is 0.533. The normalized spacial score (nSPS) is 15.6. The SMILES string of the molecule is CN(C)C1CCc2ccccc21.COC(=S)N(C)C.Cl. The van der Waals surface area contributed by atoms with Crippen LogP contribution in [-0.2, 0) is 11.2 Å². The molecule has 1 aromatic carbocycles. The van der Waals surface area contributed by atoms with Crippen molar-refractivity contribution in [3.8, 4) is 0 Å². The van der Waals surface area contributed by atoms with Crippen LogP contribution in [0.25, 0.3) is 0 Å². The van der Waals surface area contributed by atoms with Gasteiger partial charge in [0.2, 0.25) is 0 Å². The number of thiocarbonyl (C=S) groups is 1. The topological polar surface area (TPSA) is 15.7 Å². The van der Waals surface area contributed by atoms with Crippen LogP contribution in [-0.4, -0.2) is 50.3 Å². The van der Waals surface area contributed by atoms with Gasteiger partial charge in [-0.15, -0.1) is 12.4 Å². The van der Waals surface area contributed by atoms with E-state index in [2.05, 4.69) is 60.2 Å². The molecule has 1 aromatic rings. The van der Waals surface area contributed by atoms with E-state index in [1.54, 1.807) is 12.0 Å². The minimum absolute atomic E-state index is 0. The number of aryl methyl sites for hydroxylation is 1. The Morgan fingerprint density at radius 2 is 1.80 bits per heavy atom. The van der Waals surface area contributed by atoms with E-state index in [-0.39, 0.29) is 12.4 Å². The highest BCUT2D eigenvalue weighted by atomic mass is 35.5. The summed E-state index contributed by atoms with van der Waals surface area (Å²) < 4.78 is 4.67. The number of hydrogen-bond donors (Lipinski definition) is 0. The first kappa shape index (κ1) is 19.2. The van der Waals surface area contributed by atoms with Gasteiger partial charge in [0.1, 0.15) is 0 Å². The fourth-order valence-corrected chi connectivity index (χ4v) is 2.25. The van der Waals surface area contributed by atoms with Crippen LogP contribution in [0.3, 0.4) is 0 Å². The number of rotatable bonds is 1. The average Bonchev–Trinajstić information content (AvgIpc) is 2.82. The molecule has 0 amide bonds. The Hall–Kier alpha value is -0.840. The monoisotopic (exact) mass is 316 g/mol. The molecule has 2 rings (SSSR count). The van der Waals surface area contributed by atoms with Crippen molar-refractivity contribution in [1.29, 1.82) is 0 Å². The van der Waals surface area contributed by atoms with E-state index in [1.807, 2.05) is 14.1 Å². The molecule has 1 aliphatic carbocycles. The zero-order valence-corrected chi connectivity index (χ0v) is 14.6. The molecular weight excluding hydrogens is 292 g/mol. The third kappa shape index (κ3) is 5.27. The zero-order chi connectivity index (χ0) is 14.4. The molecule has 5 heteroatoms. The highest BCUT2D eigenvalue weighted by Gasteiger charge is 2.22. The molecule has 3 nitrogen and oxygen atoms in total. The molecule has 0 spiro atoms. The molecular formula is C15H25ClN2OS. The maximum absolute atomic E-state index is 4.68. The summed E-state index contributed by atoms with van der Waals surface area (Å²) in [5.41, 5.74) is 3.07. The Morgan fingerprint density at radius 3 is 2.25 bits per heavy atom. The van der Waals surface area contributed by atoms with Crippen molar-refractivity contribution in [2.45, 2.75) is 18.9 Å². The van der Waals surface area contributed by atoms with Crippen LogP contribution in [0.15, 0.2) is 24.3 Å². The van der Waals surface area contributed by atoms with Gasteiger partial charge in [0.15, 0.2) is 0 Å². The number of hydrogen-bond acceptors (Lipinski definition) is 3. The molecule has 0 saturated carbocycles. The van der Waals surface area contributed by atoms with Gasteiger partial charge in [0.05, 0.1) is 7.11 Å². The van der Waals surface area contributed by atoms with Crippen molar-refractivity contribution >= 4 is 29.8 Å². The van der Waals surface area contributed by atoms with Crippen LogP contribution >= 0.6 is 24.6 Å². The van der Waals surface area contributed by atoms with E-state index in [4.69, 9.17) is 0 Å². The Morgan fingerprint density at radius 1 is 1.20 bits per heavy atom. The number of halogens is 1. The minimum Gasteiger partial charge on any atom is -0.474 e. The van der Waals surface area contributed by atoms with Crippen LogP contribution < -0.4 is 0 Å². The lowest BCUT2D eigenvalue weighted by Crippen LogP contribution is -2.20. The van der Waals surface area contributed by atoms with Gasteiger partial charge in [-0.3, -0.25) is 0 Å². The average molecular weight is 317 g/mol. The van der Waals surface area contributed by atoms with Crippen molar-refractivity contribution in [2.24, 2.45) is 0 Å². The van der Waals surface area contributed by atoms with Crippen molar-refractivity contribution < 1.29 is 4.74 Å². The second kappa shape index (κ2) is 9.16. The van der Waals surface area contributed by atoms with E-state index >= 15 is 0 Å². The predicted octanol–water partition coefficient (Wildman–Crippen LogP) is 3.14. The highest BCUT2D eigenvalue weighted by molar-refractivity contribution is 7.79. The fourth-order valence-electron chi connectivity index (χ4n) is 2.25. The molecule has 0 N–H and O–H groups in total. The largest absolute Gasteiger partial charge is 0.474 e. The van der Waals surface area contributed by atoms with Crippen molar-refractivity contribution in [2.75, 3.05) is 35.3 Å². The molecule has 0 aromatic heterocycles. The smallest absolute Gasteiger partial charge is 0.258 e. The summed E-state index contributed by atoms with van der Waals surface area (Å²) in [5.74, 6) is 0. The summed E-state index contributed by atoms with van der Waals surface area (Å²) >= 11 is 4.68. The van der Waals surface area contributed by atoms with Gasteiger partial charge >= 0.3 is 0 Å². The van der Waals surface area contributed by atoms with Crippen LogP contribution in [0.5, 0.6) is 0 Å². The van der Waals surface area contributed by atoms with Crippen molar-refractivity contribution in [3.63, 3.8) is 0 Å². The van der Waals surface area contributed by atoms with Gasteiger partial charge in [0.25, 0.3) is 5.17 Å². The van der Waals surface area contributed by atoms with Crippen LogP contribution in [0, 0.1) is 0 Å². The molecule has 0 radical (unpaired) electrons. The first-order valence-corrected chi connectivity index (χ1v) is 6.87. The quantitative estimate of drug-likeness (QED) is 0.739. The third-order valence-corrected chi connectivity index (χ3v) is 3.80. The first-order valence-electron chi connectivity index (χ1n) is 6.46. The third-order valence-electron chi connectivity index (χ3n) is 3.26. The number of fused-ring (bicyclic) bond motifs is 1. The summed E-state index contributed by atoms with van der Waals surface area (Å²) in [7, 11) is 9.56. The van der Waals surface area contributed by atoms with Crippen molar-refractivity contribution in [3.05, 3.63) is 35.4 Å². The van der Waals surface area contributed by atoms with Crippen LogP contribution in [0.1, 0.15) is 23.6 Å². The molecule has 114 valence electrons. The summed E-state index contributed by atoms with van der Waals surface area (Å²) in [6, 6.07) is 9.44.